The molecule has 1 aromatic rings. The second kappa shape index (κ2) is 3.59. The van der Waals surface area contributed by atoms with Crippen LogP contribution in [0.25, 0.3) is 0 Å². The van der Waals surface area contributed by atoms with Gasteiger partial charge in [0.25, 0.3) is 0 Å². The van der Waals surface area contributed by atoms with Crippen molar-refractivity contribution in [2.45, 2.75) is 57.2 Å². The van der Waals surface area contributed by atoms with Crippen LogP contribution in [0.3, 0.4) is 0 Å². The number of aromatic nitrogens is 3. The van der Waals surface area contributed by atoms with Gasteiger partial charge in [0.2, 0.25) is 0 Å². The van der Waals surface area contributed by atoms with Crippen LogP contribution < -0.4 is 5.32 Å². The summed E-state index contributed by atoms with van der Waals surface area (Å²) in [6.45, 7) is 3.25. The molecule has 3 atom stereocenters. The Hall–Kier alpha value is -0.900. The molecule has 0 saturated carbocycles. The molecule has 4 nitrogen and oxygen atoms in total. The lowest BCUT2D eigenvalue weighted by Crippen LogP contribution is -2.23. The fourth-order valence-corrected chi connectivity index (χ4v) is 3.07. The Bertz CT molecular complexity index is 346. The van der Waals surface area contributed by atoms with Crippen molar-refractivity contribution in [1.82, 2.24) is 20.1 Å². The number of hydrogen-bond donors (Lipinski definition) is 1. The van der Waals surface area contributed by atoms with E-state index >= 15 is 0 Å². The first-order valence-corrected chi connectivity index (χ1v) is 6.02. The van der Waals surface area contributed by atoms with E-state index < -0.39 is 0 Å². The highest BCUT2D eigenvalue weighted by molar-refractivity contribution is 5.11. The minimum atomic E-state index is 0.609. The summed E-state index contributed by atoms with van der Waals surface area (Å²) < 4.78 is 2.23. The first-order valence-electron chi connectivity index (χ1n) is 6.02. The quantitative estimate of drug-likeness (QED) is 0.810. The van der Waals surface area contributed by atoms with Gasteiger partial charge in [0.05, 0.1) is 0 Å². The summed E-state index contributed by atoms with van der Waals surface area (Å²) in [6.07, 6.45) is 6.95. The average Bonchev–Trinajstić information content (AvgIpc) is 2.91. The third-order valence-corrected chi connectivity index (χ3v) is 3.74. The summed E-state index contributed by atoms with van der Waals surface area (Å²) in [5.41, 5.74) is 0. The zero-order valence-corrected chi connectivity index (χ0v) is 9.19. The van der Waals surface area contributed by atoms with Crippen LogP contribution in [-0.2, 0) is 6.54 Å². The van der Waals surface area contributed by atoms with Crippen LogP contribution in [-0.4, -0.2) is 26.8 Å². The van der Waals surface area contributed by atoms with Gasteiger partial charge in [-0.1, -0.05) is 6.92 Å². The number of fused-ring (bicyclic) bond motifs is 2. The molecule has 0 radical (unpaired) electrons. The lowest BCUT2D eigenvalue weighted by atomic mass is 9.88. The van der Waals surface area contributed by atoms with Gasteiger partial charge in [0.15, 0.2) is 0 Å². The summed E-state index contributed by atoms with van der Waals surface area (Å²) in [7, 11) is 0. The molecule has 15 heavy (non-hydrogen) atoms. The largest absolute Gasteiger partial charge is 0.317 e. The fraction of sp³-hybridized carbons (Fsp3) is 0.818. The van der Waals surface area contributed by atoms with Gasteiger partial charge in [0, 0.05) is 24.5 Å². The zero-order valence-electron chi connectivity index (χ0n) is 9.19. The molecule has 2 bridgehead atoms. The minimum absolute atomic E-state index is 0.609. The van der Waals surface area contributed by atoms with Gasteiger partial charge >= 0.3 is 0 Å². The van der Waals surface area contributed by atoms with Crippen LogP contribution in [0.1, 0.15) is 44.3 Å². The molecule has 1 aromatic heterocycles. The van der Waals surface area contributed by atoms with Crippen LogP contribution in [0.2, 0.25) is 0 Å². The van der Waals surface area contributed by atoms with E-state index in [0.29, 0.717) is 12.0 Å². The maximum absolute atomic E-state index is 4.31. The van der Waals surface area contributed by atoms with E-state index in [1.807, 2.05) is 6.33 Å². The fourth-order valence-electron chi connectivity index (χ4n) is 3.07. The topological polar surface area (TPSA) is 42.7 Å². The molecule has 1 N–H and O–H groups in total. The summed E-state index contributed by atoms with van der Waals surface area (Å²) in [5, 5.41) is 12.0. The molecule has 2 fully saturated rings. The maximum Gasteiger partial charge on any atom is 0.137 e. The molecule has 2 aliphatic rings. The molecular formula is C11H18N4. The molecule has 0 spiro atoms. The Morgan fingerprint density at radius 3 is 3.13 bits per heavy atom. The van der Waals surface area contributed by atoms with E-state index in [2.05, 4.69) is 27.0 Å². The number of aryl methyl sites for hydroxylation is 1. The van der Waals surface area contributed by atoms with Gasteiger partial charge in [-0.3, -0.25) is 0 Å². The second-order valence-electron chi connectivity index (χ2n) is 4.77. The summed E-state index contributed by atoms with van der Waals surface area (Å²) >= 11 is 0. The van der Waals surface area contributed by atoms with E-state index in [9.17, 15) is 0 Å². The predicted molar refractivity (Wildman–Crippen MR) is 57.6 cm³/mol. The zero-order chi connectivity index (χ0) is 10.3. The van der Waals surface area contributed by atoms with Crippen molar-refractivity contribution in [2.24, 2.45) is 0 Å². The molecule has 2 aliphatic heterocycles. The Balaban J connectivity index is 1.83. The Morgan fingerprint density at radius 2 is 2.47 bits per heavy atom. The van der Waals surface area contributed by atoms with Crippen molar-refractivity contribution >= 4 is 0 Å². The minimum Gasteiger partial charge on any atom is -0.317 e. The summed E-state index contributed by atoms with van der Waals surface area (Å²) in [4.78, 5) is 0. The van der Waals surface area contributed by atoms with Gasteiger partial charge in [-0.25, -0.2) is 0 Å². The van der Waals surface area contributed by atoms with Crippen molar-refractivity contribution in [1.29, 1.82) is 0 Å². The van der Waals surface area contributed by atoms with Gasteiger partial charge in [-0.15, -0.1) is 10.2 Å². The van der Waals surface area contributed by atoms with Crippen molar-refractivity contribution in [2.75, 3.05) is 0 Å². The molecule has 82 valence electrons. The van der Waals surface area contributed by atoms with Gasteiger partial charge in [-0.2, -0.15) is 0 Å². The van der Waals surface area contributed by atoms with Crippen molar-refractivity contribution in [3.63, 3.8) is 0 Å². The van der Waals surface area contributed by atoms with Gasteiger partial charge in [-0.05, 0) is 25.7 Å². The molecule has 0 aromatic carbocycles. The Labute approximate surface area is 90.1 Å². The molecule has 3 rings (SSSR count). The van der Waals surface area contributed by atoms with E-state index in [-0.39, 0.29) is 0 Å². The first kappa shape index (κ1) is 9.33. The summed E-state index contributed by atoms with van der Waals surface area (Å²) in [5.74, 6) is 1.81. The molecule has 4 heteroatoms. The third kappa shape index (κ3) is 1.47. The van der Waals surface area contributed by atoms with E-state index in [1.54, 1.807) is 0 Å². The van der Waals surface area contributed by atoms with Crippen LogP contribution in [0.15, 0.2) is 6.33 Å². The number of nitrogens with zero attached hydrogens (tertiary/aromatic N) is 3. The highest BCUT2D eigenvalue weighted by Gasteiger charge is 2.41. The number of hydrogen-bond acceptors (Lipinski definition) is 3. The molecule has 3 heterocycles. The third-order valence-electron chi connectivity index (χ3n) is 3.74. The molecule has 0 aliphatic carbocycles. The monoisotopic (exact) mass is 206 g/mol. The molecule has 0 amide bonds. The lowest BCUT2D eigenvalue weighted by Gasteiger charge is -2.19. The number of rotatable bonds is 3. The van der Waals surface area contributed by atoms with E-state index in [1.165, 1.54) is 25.1 Å². The molecule has 3 unspecified atom stereocenters. The predicted octanol–water partition coefficient (Wildman–Crippen LogP) is 1.30. The Morgan fingerprint density at radius 1 is 1.53 bits per heavy atom. The van der Waals surface area contributed by atoms with Crippen molar-refractivity contribution in [3.05, 3.63) is 12.2 Å². The van der Waals surface area contributed by atoms with E-state index in [4.69, 9.17) is 0 Å². The van der Waals surface area contributed by atoms with Crippen LogP contribution in [0.5, 0.6) is 0 Å². The molecule has 2 saturated heterocycles. The number of nitrogens with one attached hydrogen (secondary N) is 1. The van der Waals surface area contributed by atoms with Gasteiger partial charge < -0.3 is 9.88 Å². The molecular weight excluding hydrogens is 188 g/mol. The van der Waals surface area contributed by atoms with E-state index in [0.717, 1.165) is 19.0 Å². The average molecular weight is 206 g/mol. The van der Waals surface area contributed by atoms with Crippen molar-refractivity contribution in [3.8, 4) is 0 Å². The second-order valence-corrected chi connectivity index (χ2v) is 4.77. The standard InChI is InChI=1S/C11H18N4/c1-2-5-15-7-12-14-11(15)9-6-8-3-4-10(9)13-8/h7-10,13H,2-6H2,1H3. The normalized spacial score (nSPS) is 33.8. The van der Waals surface area contributed by atoms with Crippen LogP contribution in [0.4, 0.5) is 0 Å². The van der Waals surface area contributed by atoms with Gasteiger partial charge in [0.1, 0.15) is 12.2 Å². The first-order chi connectivity index (χ1) is 7.38. The van der Waals surface area contributed by atoms with Crippen LogP contribution >= 0.6 is 0 Å². The Kier molecular flexibility index (Phi) is 2.24. The van der Waals surface area contributed by atoms with Crippen LogP contribution in [0, 0.1) is 0 Å². The highest BCUT2D eigenvalue weighted by Crippen LogP contribution is 2.38. The van der Waals surface area contributed by atoms with Crippen molar-refractivity contribution < 1.29 is 0 Å². The lowest BCUT2D eigenvalue weighted by molar-refractivity contribution is 0.463. The highest BCUT2D eigenvalue weighted by atomic mass is 15.3. The smallest absolute Gasteiger partial charge is 0.137 e. The summed E-state index contributed by atoms with van der Waals surface area (Å²) in [6, 6.07) is 1.40. The maximum atomic E-state index is 4.31. The SMILES string of the molecule is CCCn1cnnc1C1CC2CCC1N2.